The van der Waals surface area contributed by atoms with Gasteiger partial charge in [0.25, 0.3) is 0 Å². The lowest BCUT2D eigenvalue weighted by molar-refractivity contribution is -0.123. The molecule has 1 amide bonds. The van der Waals surface area contributed by atoms with Crippen molar-refractivity contribution >= 4 is 15.7 Å². The third kappa shape index (κ3) is 2.95. The summed E-state index contributed by atoms with van der Waals surface area (Å²) >= 11 is 0. The molecule has 0 aromatic heterocycles. The summed E-state index contributed by atoms with van der Waals surface area (Å²) in [5, 5.41) is 5.94. The van der Waals surface area contributed by atoms with Crippen molar-refractivity contribution in [3.8, 4) is 0 Å². The van der Waals surface area contributed by atoms with E-state index in [0.717, 1.165) is 25.8 Å². The Hall–Kier alpha value is -0.620. The Balaban J connectivity index is 1.86. The Labute approximate surface area is 95.9 Å². The highest BCUT2D eigenvalue weighted by atomic mass is 32.2. The summed E-state index contributed by atoms with van der Waals surface area (Å²) in [4.78, 5) is 11.8. The lowest BCUT2D eigenvalue weighted by Gasteiger charge is -2.24. The fraction of sp³-hybridized carbons (Fsp3) is 0.900. The molecule has 0 bridgehead atoms. The molecule has 2 aliphatic rings. The molecule has 0 spiro atoms. The molecule has 0 aromatic rings. The van der Waals surface area contributed by atoms with Gasteiger partial charge < -0.3 is 10.6 Å². The lowest BCUT2D eigenvalue weighted by Crippen LogP contribution is -2.49. The van der Waals surface area contributed by atoms with Gasteiger partial charge in [0.1, 0.15) is 0 Å². The molecule has 6 heteroatoms. The first kappa shape index (κ1) is 11.9. The third-order valence-corrected chi connectivity index (χ3v) is 5.01. The van der Waals surface area contributed by atoms with E-state index in [0.29, 0.717) is 6.42 Å². The quantitative estimate of drug-likeness (QED) is 0.684. The zero-order valence-corrected chi connectivity index (χ0v) is 10.1. The van der Waals surface area contributed by atoms with Crippen molar-refractivity contribution in [2.75, 3.05) is 18.1 Å². The maximum Gasteiger partial charge on any atom is 0.237 e. The highest BCUT2D eigenvalue weighted by Gasteiger charge is 2.29. The van der Waals surface area contributed by atoms with Gasteiger partial charge in [0, 0.05) is 6.04 Å². The van der Waals surface area contributed by atoms with Gasteiger partial charge in [-0.3, -0.25) is 4.79 Å². The highest BCUT2D eigenvalue weighted by molar-refractivity contribution is 7.91. The minimum absolute atomic E-state index is 0.0420. The molecule has 16 heavy (non-hydrogen) atoms. The number of carbonyl (C=O) groups excluding carboxylic acids is 1. The van der Waals surface area contributed by atoms with E-state index in [-0.39, 0.29) is 29.5 Å². The van der Waals surface area contributed by atoms with Crippen LogP contribution in [0, 0.1) is 0 Å². The first-order chi connectivity index (χ1) is 7.57. The van der Waals surface area contributed by atoms with Gasteiger partial charge in [0.15, 0.2) is 9.84 Å². The Morgan fingerprint density at radius 2 is 2.06 bits per heavy atom. The largest absolute Gasteiger partial charge is 0.351 e. The molecule has 2 saturated heterocycles. The zero-order valence-electron chi connectivity index (χ0n) is 9.24. The van der Waals surface area contributed by atoms with Gasteiger partial charge in [0.2, 0.25) is 5.91 Å². The second-order valence-electron chi connectivity index (χ2n) is 4.61. The van der Waals surface area contributed by atoms with Crippen LogP contribution in [-0.2, 0) is 14.6 Å². The van der Waals surface area contributed by atoms with Crippen LogP contribution in [0.15, 0.2) is 0 Å². The van der Waals surface area contributed by atoms with E-state index >= 15 is 0 Å². The van der Waals surface area contributed by atoms with Crippen LogP contribution >= 0.6 is 0 Å². The SMILES string of the molecule is O=C(NC1CCCS(=O)(=O)C1)C1CCCN1. The fourth-order valence-electron chi connectivity index (χ4n) is 2.35. The van der Waals surface area contributed by atoms with Crippen molar-refractivity contribution in [2.24, 2.45) is 0 Å². The maximum absolute atomic E-state index is 11.8. The summed E-state index contributed by atoms with van der Waals surface area (Å²) in [6, 6.07) is -0.307. The zero-order chi connectivity index (χ0) is 11.6. The summed E-state index contributed by atoms with van der Waals surface area (Å²) in [5.41, 5.74) is 0. The second kappa shape index (κ2) is 4.71. The molecule has 2 fully saturated rings. The summed E-state index contributed by atoms with van der Waals surface area (Å²) in [7, 11) is -2.94. The third-order valence-electron chi connectivity index (χ3n) is 3.19. The van der Waals surface area contributed by atoms with Gasteiger partial charge in [-0.1, -0.05) is 0 Å². The Morgan fingerprint density at radius 1 is 1.25 bits per heavy atom. The molecule has 2 aliphatic heterocycles. The van der Waals surface area contributed by atoms with Gasteiger partial charge in [-0.2, -0.15) is 0 Å². The standard InChI is InChI=1S/C10H18N2O3S/c13-10(9-4-1-5-11-9)12-8-3-2-6-16(14,15)7-8/h8-9,11H,1-7H2,(H,12,13). The number of rotatable bonds is 2. The minimum Gasteiger partial charge on any atom is -0.351 e. The van der Waals surface area contributed by atoms with Gasteiger partial charge in [0.05, 0.1) is 17.5 Å². The first-order valence-electron chi connectivity index (χ1n) is 5.81. The van der Waals surface area contributed by atoms with Crippen molar-refractivity contribution < 1.29 is 13.2 Å². The maximum atomic E-state index is 11.8. The average Bonchev–Trinajstić information content (AvgIpc) is 2.68. The molecule has 2 unspecified atom stereocenters. The number of amides is 1. The van der Waals surface area contributed by atoms with Crippen molar-refractivity contribution in [1.29, 1.82) is 0 Å². The van der Waals surface area contributed by atoms with Gasteiger partial charge in [-0.25, -0.2) is 8.42 Å². The Morgan fingerprint density at radius 3 is 2.69 bits per heavy atom. The van der Waals surface area contributed by atoms with Gasteiger partial charge in [-0.05, 0) is 32.2 Å². The number of carbonyl (C=O) groups is 1. The van der Waals surface area contributed by atoms with Crippen LogP contribution in [0.2, 0.25) is 0 Å². The van der Waals surface area contributed by atoms with E-state index in [9.17, 15) is 13.2 Å². The predicted molar refractivity (Wildman–Crippen MR) is 60.8 cm³/mol. The summed E-state index contributed by atoms with van der Waals surface area (Å²) in [6.45, 7) is 0.876. The number of sulfone groups is 1. The van der Waals surface area contributed by atoms with Gasteiger partial charge >= 0.3 is 0 Å². The first-order valence-corrected chi connectivity index (χ1v) is 7.63. The van der Waals surface area contributed by atoms with E-state index in [1.807, 2.05) is 0 Å². The number of nitrogens with one attached hydrogen (secondary N) is 2. The van der Waals surface area contributed by atoms with E-state index in [4.69, 9.17) is 0 Å². The summed E-state index contributed by atoms with van der Waals surface area (Å²) in [5.74, 6) is 0.326. The van der Waals surface area contributed by atoms with E-state index in [1.165, 1.54) is 0 Å². The Kier molecular flexibility index (Phi) is 3.49. The van der Waals surface area contributed by atoms with Crippen molar-refractivity contribution in [1.82, 2.24) is 10.6 Å². The van der Waals surface area contributed by atoms with Crippen LogP contribution in [-0.4, -0.2) is 44.5 Å². The molecule has 2 N–H and O–H groups in total. The van der Waals surface area contributed by atoms with Crippen molar-refractivity contribution in [2.45, 2.75) is 37.8 Å². The van der Waals surface area contributed by atoms with Crippen LogP contribution in [0.4, 0.5) is 0 Å². The van der Waals surface area contributed by atoms with E-state index in [1.54, 1.807) is 0 Å². The van der Waals surface area contributed by atoms with Crippen LogP contribution in [0.25, 0.3) is 0 Å². The molecular weight excluding hydrogens is 228 g/mol. The van der Waals surface area contributed by atoms with E-state index < -0.39 is 9.84 Å². The molecule has 2 heterocycles. The monoisotopic (exact) mass is 246 g/mol. The average molecular weight is 246 g/mol. The minimum atomic E-state index is -2.94. The molecule has 5 nitrogen and oxygen atoms in total. The fourth-order valence-corrected chi connectivity index (χ4v) is 3.98. The van der Waals surface area contributed by atoms with E-state index in [2.05, 4.69) is 10.6 Å². The predicted octanol–water partition coefficient (Wildman–Crippen LogP) is -0.568. The van der Waals surface area contributed by atoms with Gasteiger partial charge in [-0.15, -0.1) is 0 Å². The molecule has 2 atom stereocenters. The topological polar surface area (TPSA) is 75.3 Å². The highest BCUT2D eigenvalue weighted by Crippen LogP contribution is 2.13. The van der Waals surface area contributed by atoms with Crippen molar-refractivity contribution in [3.63, 3.8) is 0 Å². The smallest absolute Gasteiger partial charge is 0.237 e. The van der Waals surface area contributed by atoms with Crippen LogP contribution in [0.3, 0.4) is 0 Å². The van der Waals surface area contributed by atoms with Crippen molar-refractivity contribution in [3.05, 3.63) is 0 Å². The molecular formula is C10H18N2O3S. The molecule has 0 saturated carbocycles. The molecule has 2 rings (SSSR count). The number of hydrogen-bond acceptors (Lipinski definition) is 4. The second-order valence-corrected chi connectivity index (χ2v) is 6.84. The van der Waals surface area contributed by atoms with Crippen LogP contribution < -0.4 is 10.6 Å². The molecule has 92 valence electrons. The lowest BCUT2D eigenvalue weighted by atomic mass is 10.1. The summed E-state index contributed by atoms with van der Waals surface area (Å²) < 4.78 is 22.8. The molecule has 0 aliphatic carbocycles. The van der Waals surface area contributed by atoms with Crippen LogP contribution in [0.1, 0.15) is 25.7 Å². The normalized spacial score (nSPS) is 33.5. The molecule has 0 aromatic carbocycles. The van der Waals surface area contributed by atoms with Crippen LogP contribution in [0.5, 0.6) is 0 Å². The summed E-state index contributed by atoms with van der Waals surface area (Å²) in [6.07, 6.45) is 3.30. The molecule has 0 radical (unpaired) electrons. The Bertz CT molecular complexity index is 360. The number of hydrogen-bond donors (Lipinski definition) is 2.